The molecule has 2 heterocycles. The summed E-state index contributed by atoms with van der Waals surface area (Å²) >= 11 is 0. The van der Waals surface area contributed by atoms with Gasteiger partial charge in [-0.25, -0.2) is 0 Å². The Kier molecular flexibility index (Phi) is 4.35. The van der Waals surface area contributed by atoms with Gasteiger partial charge in [0.1, 0.15) is 12.0 Å². The van der Waals surface area contributed by atoms with Crippen molar-refractivity contribution in [3.05, 3.63) is 57.8 Å². The number of carbonyl (C=O) groups excluding carboxylic acids is 1. The maximum absolute atomic E-state index is 12.6. The number of amides is 1. The van der Waals surface area contributed by atoms with Crippen LogP contribution in [0.25, 0.3) is 10.9 Å². The number of aromatic amines is 1. The van der Waals surface area contributed by atoms with E-state index in [1.807, 2.05) is 18.2 Å². The number of aryl methyl sites for hydroxylation is 1. The monoisotopic (exact) mass is 368 g/mol. The molecule has 1 atom stereocenters. The highest BCUT2D eigenvalue weighted by atomic mass is 16.5. The van der Waals surface area contributed by atoms with Gasteiger partial charge >= 0.3 is 0 Å². The van der Waals surface area contributed by atoms with E-state index in [9.17, 15) is 9.59 Å². The van der Waals surface area contributed by atoms with Gasteiger partial charge in [-0.2, -0.15) is 0 Å². The fourth-order valence-corrected chi connectivity index (χ4v) is 3.61. The number of aromatic nitrogens is 1. The summed E-state index contributed by atoms with van der Waals surface area (Å²) in [5.74, 6) is 0.404. The minimum atomic E-state index is -0.427. The summed E-state index contributed by atoms with van der Waals surface area (Å²) in [6, 6.07) is 6.87. The van der Waals surface area contributed by atoms with Crippen LogP contribution in [0.15, 0.2) is 39.7 Å². The number of fused-ring (bicyclic) bond motifs is 3. The molecule has 3 aromatic rings. The van der Waals surface area contributed by atoms with Crippen molar-refractivity contribution in [2.75, 3.05) is 14.2 Å². The molecule has 0 saturated heterocycles. The van der Waals surface area contributed by atoms with Crippen molar-refractivity contribution in [1.29, 1.82) is 0 Å². The molecule has 1 amide bonds. The molecule has 0 saturated carbocycles. The smallest absolute Gasteiger partial charge is 0.287 e. The predicted octanol–water partition coefficient (Wildman–Crippen LogP) is 2.95. The molecule has 1 aromatic carbocycles. The molecular formula is C20H20N2O5. The van der Waals surface area contributed by atoms with E-state index in [0.29, 0.717) is 0 Å². The normalized spacial score (nSPS) is 16.0. The Labute approximate surface area is 155 Å². The second kappa shape index (κ2) is 6.83. The van der Waals surface area contributed by atoms with Crippen molar-refractivity contribution in [3.8, 4) is 11.5 Å². The molecule has 4 rings (SSSR count). The third kappa shape index (κ3) is 3.05. The minimum absolute atomic E-state index is 0.0364. The Bertz CT molecular complexity index is 1070. The zero-order valence-corrected chi connectivity index (χ0v) is 15.1. The van der Waals surface area contributed by atoms with E-state index >= 15 is 0 Å². The Balaban J connectivity index is 1.64. The molecule has 0 bridgehead atoms. The molecule has 0 spiro atoms. The lowest BCUT2D eigenvalue weighted by Gasteiger charge is -2.23. The van der Waals surface area contributed by atoms with E-state index < -0.39 is 11.3 Å². The summed E-state index contributed by atoms with van der Waals surface area (Å²) in [4.78, 5) is 27.9. The second-order valence-electron chi connectivity index (χ2n) is 6.52. The lowest BCUT2D eigenvalue weighted by Crippen LogP contribution is -2.31. The van der Waals surface area contributed by atoms with Gasteiger partial charge in [-0.15, -0.1) is 0 Å². The number of hydrogen-bond donors (Lipinski definition) is 2. The topological polar surface area (TPSA) is 93.6 Å². The molecule has 1 aliphatic rings. The van der Waals surface area contributed by atoms with Crippen molar-refractivity contribution in [1.82, 2.24) is 10.3 Å². The molecule has 0 fully saturated rings. The van der Waals surface area contributed by atoms with Gasteiger partial charge in [0.15, 0.2) is 5.76 Å². The van der Waals surface area contributed by atoms with E-state index in [2.05, 4.69) is 10.3 Å². The van der Waals surface area contributed by atoms with Gasteiger partial charge in [-0.1, -0.05) is 0 Å². The SMILES string of the molecule is COc1ccc2[nH]c3c(c2c1)CCCC3NC(=O)c1cc(=O)c(OC)co1. The van der Waals surface area contributed by atoms with Crippen LogP contribution in [0.3, 0.4) is 0 Å². The first kappa shape index (κ1) is 17.2. The summed E-state index contributed by atoms with van der Waals surface area (Å²) in [6.45, 7) is 0. The number of carbonyl (C=O) groups is 1. The first-order chi connectivity index (χ1) is 13.1. The van der Waals surface area contributed by atoms with Crippen LogP contribution in [-0.2, 0) is 6.42 Å². The van der Waals surface area contributed by atoms with Gasteiger partial charge in [-0.05, 0) is 43.0 Å². The molecule has 1 unspecified atom stereocenters. The summed E-state index contributed by atoms with van der Waals surface area (Å²) in [5.41, 5.74) is 2.80. The van der Waals surface area contributed by atoms with Crippen LogP contribution in [0.1, 0.15) is 40.7 Å². The van der Waals surface area contributed by atoms with E-state index in [-0.39, 0.29) is 17.6 Å². The van der Waals surface area contributed by atoms with Crippen LogP contribution in [0.4, 0.5) is 0 Å². The van der Waals surface area contributed by atoms with E-state index in [0.717, 1.165) is 53.9 Å². The fraction of sp³-hybridized carbons (Fsp3) is 0.300. The summed E-state index contributed by atoms with van der Waals surface area (Å²) in [7, 11) is 3.02. The highest BCUT2D eigenvalue weighted by Gasteiger charge is 2.27. The lowest BCUT2D eigenvalue weighted by molar-refractivity contribution is 0.0900. The van der Waals surface area contributed by atoms with Crippen molar-refractivity contribution in [2.45, 2.75) is 25.3 Å². The van der Waals surface area contributed by atoms with Crippen LogP contribution in [0, 0.1) is 0 Å². The number of H-pyrrole nitrogens is 1. The van der Waals surface area contributed by atoms with Crippen molar-refractivity contribution < 1.29 is 18.7 Å². The first-order valence-electron chi connectivity index (χ1n) is 8.77. The Hall–Kier alpha value is -3.22. The maximum Gasteiger partial charge on any atom is 0.287 e. The van der Waals surface area contributed by atoms with Gasteiger partial charge in [-0.3, -0.25) is 9.59 Å². The molecule has 27 heavy (non-hydrogen) atoms. The largest absolute Gasteiger partial charge is 0.497 e. The van der Waals surface area contributed by atoms with E-state index in [4.69, 9.17) is 13.9 Å². The average molecular weight is 368 g/mol. The van der Waals surface area contributed by atoms with Crippen LogP contribution >= 0.6 is 0 Å². The zero-order valence-electron chi connectivity index (χ0n) is 15.1. The number of rotatable bonds is 4. The molecule has 7 heteroatoms. The second-order valence-corrected chi connectivity index (χ2v) is 6.52. The molecule has 1 aliphatic carbocycles. The van der Waals surface area contributed by atoms with Crippen molar-refractivity contribution in [3.63, 3.8) is 0 Å². The Morgan fingerprint density at radius 3 is 2.85 bits per heavy atom. The standard InChI is InChI=1S/C20H20N2O5/c1-25-11-6-7-14-13(8-11)12-4-3-5-15(19(12)21-14)22-20(24)17-9-16(23)18(26-2)10-27-17/h6-10,15,21H,3-5H2,1-2H3,(H,22,24). The number of methoxy groups -OCH3 is 2. The summed E-state index contributed by atoms with van der Waals surface area (Å²) < 4.78 is 15.4. The van der Waals surface area contributed by atoms with Crippen LogP contribution in [0.5, 0.6) is 11.5 Å². The average Bonchev–Trinajstić information content (AvgIpc) is 3.06. The highest BCUT2D eigenvalue weighted by molar-refractivity contribution is 5.92. The van der Waals surface area contributed by atoms with Crippen molar-refractivity contribution >= 4 is 16.8 Å². The Morgan fingerprint density at radius 1 is 1.26 bits per heavy atom. The van der Waals surface area contributed by atoms with Gasteiger partial charge in [0.25, 0.3) is 5.91 Å². The number of ether oxygens (including phenoxy) is 2. The maximum atomic E-state index is 12.6. The van der Waals surface area contributed by atoms with E-state index in [1.165, 1.54) is 12.7 Å². The number of benzene rings is 1. The van der Waals surface area contributed by atoms with Crippen LogP contribution in [0.2, 0.25) is 0 Å². The third-order valence-corrected chi connectivity index (χ3v) is 4.96. The summed E-state index contributed by atoms with van der Waals surface area (Å²) in [5, 5.41) is 4.08. The fourth-order valence-electron chi connectivity index (χ4n) is 3.61. The van der Waals surface area contributed by atoms with Gasteiger partial charge in [0.2, 0.25) is 11.2 Å². The predicted molar refractivity (Wildman–Crippen MR) is 99.5 cm³/mol. The third-order valence-electron chi connectivity index (χ3n) is 4.96. The molecule has 2 aromatic heterocycles. The van der Waals surface area contributed by atoms with Crippen LogP contribution in [-0.4, -0.2) is 25.1 Å². The molecule has 0 aliphatic heterocycles. The highest BCUT2D eigenvalue weighted by Crippen LogP contribution is 2.36. The van der Waals surface area contributed by atoms with Gasteiger partial charge < -0.3 is 24.2 Å². The molecule has 7 nitrogen and oxygen atoms in total. The zero-order chi connectivity index (χ0) is 19.0. The van der Waals surface area contributed by atoms with Crippen molar-refractivity contribution in [2.24, 2.45) is 0 Å². The summed E-state index contributed by atoms with van der Waals surface area (Å²) in [6.07, 6.45) is 3.85. The van der Waals surface area contributed by atoms with Gasteiger partial charge in [0, 0.05) is 22.7 Å². The van der Waals surface area contributed by atoms with Crippen LogP contribution < -0.4 is 20.2 Å². The minimum Gasteiger partial charge on any atom is -0.497 e. The molecule has 0 radical (unpaired) electrons. The molecule has 140 valence electrons. The van der Waals surface area contributed by atoms with E-state index in [1.54, 1.807) is 7.11 Å². The van der Waals surface area contributed by atoms with Gasteiger partial charge in [0.05, 0.1) is 20.3 Å². The number of hydrogen-bond acceptors (Lipinski definition) is 5. The molecule has 2 N–H and O–H groups in total. The Morgan fingerprint density at radius 2 is 2.11 bits per heavy atom. The molecular weight excluding hydrogens is 348 g/mol. The lowest BCUT2D eigenvalue weighted by atomic mass is 9.91. The quantitative estimate of drug-likeness (QED) is 0.738. The first-order valence-corrected chi connectivity index (χ1v) is 8.77. The number of nitrogens with one attached hydrogen (secondary N) is 2.